The van der Waals surface area contributed by atoms with Gasteiger partial charge in [0.25, 0.3) is 10.1 Å². The van der Waals surface area contributed by atoms with Crippen LogP contribution in [0.4, 0.5) is 0 Å². The van der Waals surface area contributed by atoms with Crippen molar-refractivity contribution in [1.29, 1.82) is 0 Å². The van der Waals surface area contributed by atoms with Gasteiger partial charge in [-0.05, 0) is 38.0 Å². The topological polar surface area (TPSA) is 60.4 Å². The van der Waals surface area contributed by atoms with Crippen molar-refractivity contribution < 1.29 is 17.4 Å². The van der Waals surface area contributed by atoms with E-state index in [9.17, 15) is 13.2 Å². The van der Waals surface area contributed by atoms with Gasteiger partial charge in [0, 0.05) is 6.42 Å². The van der Waals surface area contributed by atoms with E-state index in [1.807, 2.05) is 37.3 Å². The van der Waals surface area contributed by atoms with Crippen LogP contribution in [0.15, 0.2) is 59.5 Å². The number of carbonyl (C=O) groups excluding carboxylic acids is 1. The summed E-state index contributed by atoms with van der Waals surface area (Å²) in [5.74, 6) is -0.232. The van der Waals surface area contributed by atoms with Crippen LogP contribution in [0.1, 0.15) is 24.5 Å². The molecule has 2 aromatic carbocycles. The second-order valence-electron chi connectivity index (χ2n) is 5.46. The zero-order valence-electron chi connectivity index (χ0n) is 13.2. The van der Waals surface area contributed by atoms with Crippen molar-refractivity contribution in [2.45, 2.75) is 37.7 Å². The summed E-state index contributed by atoms with van der Waals surface area (Å²) < 4.78 is 29.4. The molecule has 0 aliphatic heterocycles. The van der Waals surface area contributed by atoms with Gasteiger partial charge in [-0.15, -0.1) is 0 Å². The zero-order valence-corrected chi connectivity index (χ0v) is 14.0. The third-order valence-electron chi connectivity index (χ3n) is 3.54. The number of benzene rings is 2. The maximum Gasteiger partial charge on any atom is 0.297 e. The zero-order chi connectivity index (χ0) is 16.9. The van der Waals surface area contributed by atoms with Crippen molar-refractivity contribution >= 4 is 15.9 Å². The van der Waals surface area contributed by atoms with Crippen LogP contribution in [-0.2, 0) is 25.5 Å². The summed E-state index contributed by atoms with van der Waals surface area (Å²) in [7, 11) is -3.93. The Hall–Kier alpha value is -1.98. The molecule has 0 bridgehead atoms. The first-order chi connectivity index (χ1) is 10.9. The van der Waals surface area contributed by atoms with Crippen molar-refractivity contribution in [3.05, 3.63) is 65.7 Å². The molecule has 0 N–H and O–H groups in total. The Kier molecular flexibility index (Phi) is 5.69. The summed E-state index contributed by atoms with van der Waals surface area (Å²) in [5, 5.41) is 0. The highest BCUT2D eigenvalue weighted by atomic mass is 32.2. The first kappa shape index (κ1) is 17.4. The predicted octanol–water partition coefficient (Wildman–Crippen LogP) is 3.29. The van der Waals surface area contributed by atoms with Crippen molar-refractivity contribution in [2.24, 2.45) is 0 Å². The molecule has 0 fully saturated rings. The molecular formula is C18H20O4S. The van der Waals surface area contributed by atoms with E-state index in [1.54, 1.807) is 12.1 Å². The summed E-state index contributed by atoms with van der Waals surface area (Å²) in [5.41, 5.74) is 1.99. The molecule has 2 aromatic rings. The molecule has 0 amide bonds. The fourth-order valence-electron chi connectivity index (χ4n) is 2.12. The van der Waals surface area contributed by atoms with E-state index in [2.05, 4.69) is 0 Å². The fourth-order valence-corrected chi connectivity index (χ4v) is 3.19. The monoisotopic (exact) mass is 332 g/mol. The van der Waals surface area contributed by atoms with Gasteiger partial charge < -0.3 is 0 Å². The van der Waals surface area contributed by atoms with E-state index in [1.165, 1.54) is 19.1 Å². The third kappa shape index (κ3) is 5.01. The Balaban J connectivity index is 1.96. The van der Waals surface area contributed by atoms with Crippen LogP contribution in [-0.4, -0.2) is 20.3 Å². The van der Waals surface area contributed by atoms with E-state index in [0.717, 1.165) is 11.1 Å². The highest BCUT2D eigenvalue weighted by Crippen LogP contribution is 2.16. The molecule has 1 atom stereocenters. The second-order valence-corrected chi connectivity index (χ2v) is 7.03. The van der Waals surface area contributed by atoms with Gasteiger partial charge in [0.15, 0.2) is 5.78 Å². The summed E-state index contributed by atoms with van der Waals surface area (Å²) in [6, 6.07) is 15.9. The third-order valence-corrected chi connectivity index (χ3v) is 4.93. The molecule has 2 rings (SSSR count). The first-order valence-electron chi connectivity index (χ1n) is 7.45. The van der Waals surface area contributed by atoms with E-state index in [-0.39, 0.29) is 17.1 Å². The molecule has 122 valence electrons. The number of Topliss-reactive ketones (excluding diaryl/α,β-unsaturated/α-hetero) is 1. The maximum absolute atomic E-state index is 12.2. The van der Waals surface area contributed by atoms with E-state index < -0.39 is 16.2 Å². The highest BCUT2D eigenvalue weighted by Gasteiger charge is 2.23. The number of aryl methyl sites for hydroxylation is 2. The minimum Gasteiger partial charge on any atom is -0.297 e. The lowest BCUT2D eigenvalue weighted by Crippen LogP contribution is -2.24. The maximum atomic E-state index is 12.2. The van der Waals surface area contributed by atoms with Gasteiger partial charge in [-0.25, -0.2) is 0 Å². The largest absolute Gasteiger partial charge is 0.297 e. The quantitative estimate of drug-likeness (QED) is 0.730. The van der Waals surface area contributed by atoms with Gasteiger partial charge in [0.2, 0.25) is 0 Å². The first-order valence-corrected chi connectivity index (χ1v) is 8.86. The van der Waals surface area contributed by atoms with Crippen molar-refractivity contribution in [3.63, 3.8) is 0 Å². The standard InChI is InChI=1S/C18H20O4S/c1-14-8-11-17(12-9-14)23(20,21)22-15(2)18(19)13-10-16-6-4-3-5-7-16/h3-9,11-12,15H,10,13H2,1-2H3. The molecule has 0 saturated heterocycles. The number of hydrogen-bond acceptors (Lipinski definition) is 4. The lowest BCUT2D eigenvalue weighted by atomic mass is 10.1. The van der Waals surface area contributed by atoms with E-state index >= 15 is 0 Å². The molecule has 23 heavy (non-hydrogen) atoms. The van der Waals surface area contributed by atoms with Crippen molar-refractivity contribution in [2.75, 3.05) is 0 Å². The average Bonchev–Trinajstić information content (AvgIpc) is 2.53. The number of ketones is 1. The van der Waals surface area contributed by atoms with Gasteiger partial charge in [0.05, 0.1) is 4.90 Å². The number of hydrogen-bond donors (Lipinski definition) is 0. The fraction of sp³-hybridized carbons (Fsp3) is 0.278. The van der Waals surface area contributed by atoms with Gasteiger partial charge >= 0.3 is 0 Å². The summed E-state index contributed by atoms with van der Waals surface area (Å²) in [6.07, 6.45) is -0.183. The number of carbonyl (C=O) groups is 1. The van der Waals surface area contributed by atoms with Gasteiger partial charge in [-0.3, -0.25) is 8.98 Å². The Labute approximate surface area is 137 Å². The molecule has 0 saturated carbocycles. The smallest absolute Gasteiger partial charge is 0.297 e. The Morgan fingerprint density at radius 2 is 1.65 bits per heavy atom. The Morgan fingerprint density at radius 3 is 2.26 bits per heavy atom. The minimum atomic E-state index is -3.93. The molecule has 4 nitrogen and oxygen atoms in total. The van der Waals surface area contributed by atoms with Crippen LogP contribution in [0.2, 0.25) is 0 Å². The molecule has 0 heterocycles. The SMILES string of the molecule is Cc1ccc(S(=O)(=O)OC(C)C(=O)CCc2ccccc2)cc1. The van der Waals surface area contributed by atoms with Crippen LogP contribution >= 0.6 is 0 Å². The molecule has 0 radical (unpaired) electrons. The molecular weight excluding hydrogens is 312 g/mol. The van der Waals surface area contributed by atoms with Gasteiger partial charge in [-0.2, -0.15) is 8.42 Å². The average molecular weight is 332 g/mol. The molecule has 5 heteroatoms. The minimum absolute atomic E-state index is 0.0609. The summed E-state index contributed by atoms with van der Waals surface area (Å²) in [4.78, 5) is 12.2. The van der Waals surface area contributed by atoms with Crippen molar-refractivity contribution in [3.8, 4) is 0 Å². The molecule has 0 spiro atoms. The van der Waals surface area contributed by atoms with Crippen LogP contribution in [0.3, 0.4) is 0 Å². The second kappa shape index (κ2) is 7.53. The molecule has 0 aromatic heterocycles. The Bertz CT molecular complexity index is 749. The van der Waals surface area contributed by atoms with Crippen LogP contribution < -0.4 is 0 Å². The van der Waals surface area contributed by atoms with Gasteiger partial charge in [-0.1, -0.05) is 48.0 Å². The lowest BCUT2D eigenvalue weighted by molar-refractivity contribution is -0.124. The van der Waals surface area contributed by atoms with Crippen molar-refractivity contribution in [1.82, 2.24) is 0 Å². The molecule has 0 aliphatic rings. The normalized spacial score (nSPS) is 12.8. The van der Waals surface area contributed by atoms with Crippen LogP contribution in [0, 0.1) is 6.92 Å². The summed E-state index contributed by atoms with van der Waals surface area (Å²) in [6.45, 7) is 3.34. The lowest BCUT2D eigenvalue weighted by Gasteiger charge is -2.12. The Morgan fingerprint density at radius 1 is 1.04 bits per heavy atom. The van der Waals surface area contributed by atoms with E-state index in [4.69, 9.17) is 4.18 Å². The van der Waals surface area contributed by atoms with Crippen LogP contribution in [0.25, 0.3) is 0 Å². The summed E-state index contributed by atoms with van der Waals surface area (Å²) >= 11 is 0. The van der Waals surface area contributed by atoms with Gasteiger partial charge in [0.1, 0.15) is 6.10 Å². The molecule has 1 unspecified atom stereocenters. The van der Waals surface area contributed by atoms with Crippen LogP contribution in [0.5, 0.6) is 0 Å². The predicted molar refractivity (Wildman–Crippen MR) is 88.7 cm³/mol. The van der Waals surface area contributed by atoms with E-state index in [0.29, 0.717) is 6.42 Å². The number of rotatable bonds is 7. The molecule has 0 aliphatic carbocycles. The highest BCUT2D eigenvalue weighted by molar-refractivity contribution is 7.86.